The lowest BCUT2D eigenvalue weighted by molar-refractivity contribution is -0.124. The SMILES string of the molecule is C[C@H](NC(=O)COC(=O)c1cccc(Oc2ccccc2)c1)c1cccc(Cl)c1. The number of carbonyl (C=O) groups excluding carboxylic acids is 2. The van der Waals surface area contributed by atoms with Gasteiger partial charge in [0, 0.05) is 5.02 Å². The zero-order valence-corrected chi connectivity index (χ0v) is 16.6. The van der Waals surface area contributed by atoms with Gasteiger partial charge in [-0.2, -0.15) is 0 Å². The molecule has 1 amide bonds. The van der Waals surface area contributed by atoms with Crippen LogP contribution in [0, 0.1) is 0 Å². The molecule has 0 aromatic heterocycles. The Morgan fingerprint density at radius 3 is 2.41 bits per heavy atom. The molecule has 0 aliphatic carbocycles. The van der Waals surface area contributed by atoms with E-state index in [4.69, 9.17) is 21.1 Å². The number of rotatable bonds is 7. The Morgan fingerprint density at radius 2 is 1.66 bits per heavy atom. The Labute approximate surface area is 174 Å². The standard InChI is InChI=1S/C23H20ClNO4/c1-16(17-7-5-9-19(24)13-17)25-22(26)15-28-23(27)18-8-6-12-21(14-18)29-20-10-3-2-4-11-20/h2-14,16H,15H2,1H3,(H,25,26)/t16-/m0/s1. The van der Waals surface area contributed by atoms with Crippen LogP contribution in [-0.2, 0) is 9.53 Å². The molecule has 1 N–H and O–H groups in total. The molecular formula is C23H20ClNO4. The van der Waals surface area contributed by atoms with E-state index in [9.17, 15) is 9.59 Å². The van der Waals surface area contributed by atoms with Crippen molar-refractivity contribution in [2.45, 2.75) is 13.0 Å². The van der Waals surface area contributed by atoms with Crippen LogP contribution < -0.4 is 10.1 Å². The number of hydrogen-bond acceptors (Lipinski definition) is 4. The summed E-state index contributed by atoms with van der Waals surface area (Å²) in [6.07, 6.45) is 0. The highest BCUT2D eigenvalue weighted by molar-refractivity contribution is 6.30. The third-order valence-electron chi connectivity index (χ3n) is 4.11. The van der Waals surface area contributed by atoms with Crippen LogP contribution in [0.3, 0.4) is 0 Å². The number of nitrogens with one attached hydrogen (secondary N) is 1. The predicted octanol–water partition coefficient (Wildman–Crippen LogP) is 5.17. The van der Waals surface area contributed by atoms with Gasteiger partial charge in [-0.1, -0.05) is 48.0 Å². The van der Waals surface area contributed by atoms with E-state index in [1.54, 1.807) is 36.4 Å². The summed E-state index contributed by atoms with van der Waals surface area (Å²) in [4.78, 5) is 24.4. The van der Waals surface area contributed by atoms with Gasteiger partial charge >= 0.3 is 5.97 Å². The van der Waals surface area contributed by atoms with E-state index >= 15 is 0 Å². The van der Waals surface area contributed by atoms with Crippen molar-refractivity contribution in [3.05, 3.63) is 95.0 Å². The van der Waals surface area contributed by atoms with Gasteiger partial charge in [0.2, 0.25) is 0 Å². The van der Waals surface area contributed by atoms with Gasteiger partial charge in [-0.15, -0.1) is 0 Å². The topological polar surface area (TPSA) is 64.6 Å². The zero-order valence-electron chi connectivity index (χ0n) is 15.8. The first-order valence-corrected chi connectivity index (χ1v) is 9.44. The van der Waals surface area contributed by atoms with Crippen LogP contribution in [-0.4, -0.2) is 18.5 Å². The summed E-state index contributed by atoms with van der Waals surface area (Å²) in [6.45, 7) is 1.45. The second-order valence-electron chi connectivity index (χ2n) is 6.36. The first-order valence-electron chi connectivity index (χ1n) is 9.06. The Morgan fingerprint density at radius 1 is 0.931 bits per heavy atom. The molecule has 0 heterocycles. The fraction of sp³-hybridized carbons (Fsp3) is 0.130. The molecule has 0 saturated heterocycles. The Bertz CT molecular complexity index is 991. The molecule has 0 aliphatic heterocycles. The number of carbonyl (C=O) groups is 2. The molecule has 29 heavy (non-hydrogen) atoms. The third kappa shape index (κ3) is 6.09. The van der Waals surface area contributed by atoms with E-state index in [1.165, 1.54) is 0 Å². The van der Waals surface area contributed by atoms with E-state index in [0.29, 0.717) is 22.1 Å². The molecular weight excluding hydrogens is 390 g/mol. The smallest absolute Gasteiger partial charge is 0.338 e. The molecule has 3 rings (SSSR count). The molecule has 6 heteroatoms. The van der Waals surface area contributed by atoms with Crippen molar-refractivity contribution in [3.63, 3.8) is 0 Å². The van der Waals surface area contributed by atoms with Gasteiger partial charge < -0.3 is 14.8 Å². The normalized spacial score (nSPS) is 11.4. The van der Waals surface area contributed by atoms with Crippen LogP contribution in [0.15, 0.2) is 78.9 Å². The lowest BCUT2D eigenvalue weighted by Crippen LogP contribution is -2.31. The third-order valence-corrected chi connectivity index (χ3v) is 4.34. The van der Waals surface area contributed by atoms with Crippen molar-refractivity contribution in [2.75, 3.05) is 6.61 Å². The van der Waals surface area contributed by atoms with Crippen molar-refractivity contribution in [2.24, 2.45) is 0 Å². The maximum Gasteiger partial charge on any atom is 0.338 e. The van der Waals surface area contributed by atoms with Crippen LogP contribution in [0.2, 0.25) is 5.02 Å². The second-order valence-corrected chi connectivity index (χ2v) is 6.80. The van der Waals surface area contributed by atoms with E-state index in [2.05, 4.69) is 5.32 Å². The average Bonchev–Trinajstić information content (AvgIpc) is 2.73. The fourth-order valence-corrected chi connectivity index (χ4v) is 2.87. The molecule has 0 unspecified atom stereocenters. The van der Waals surface area contributed by atoms with Crippen molar-refractivity contribution in [3.8, 4) is 11.5 Å². The highest BCUT2D eigenvalue weighted by Crippen LogP contribution is 2.22. The van der Waals surface area contributed by atoms with Crippen LogP contribution in [0.4, 0.5) is 0 Å². The summed E-state index contributed by atoms with van der Waals surface area (Å²) in [5.74, 6) is 0.161. The highest BCUT2D eigenvalue weighted by atomic mass is 35.5. The number of esters is 1. The molecule has 3 aromatic carbocycles. The Balaban J connectivity index is 1.53. The Hall–Kier alpha value is -3.31. The maximum absolute atomic E-state index is 12.3. The molecule has 0 saturated carbocycles. The first kappa shape index (κ1) is 20.4. The van der Waals surface area contributed by atoms with Crippen LogP contribution in [0.5, 0.6) is 11.5 Å². The van der Waals surface area contributed by atoms with Gasteiger partial charge in [-0.3, -0.25) is 4.79 Å². The molecule has 0 fully saturated rings. The monoisotopic (exact) mass is 409 g/mol. The Kier molecular flexibility index (Phi) is 6.87. The number of benzene rings is 3. The second kappa shape index (κ2) is 9.75. The molecule has 1 atom stereocenters. The largest absolute Gasteiger partial charge is 0.457 e. The number of para-hydroxylation sites is 1. The molecule has 3 aromatic rings. The van der Waals surface area contributed by atoms with Crippen LogP contribution in [0.25, 0.3) is 0 Å². The minimum Gasteiger partial charge on any atom is -0.457 e. The quantitative estimate of drug-likeness (QED) is 0.547. The summed E-state index contributed by atoms with van der Waals surface area (Å²) in [6, 6.07) is 22.8. The summed E-state index contributed by atoms with van der Waals surface area (Å²) < 4.78 is 10.8. The minimum atomic E-state index is -0.603. The van der Waals surface area contributed by atoms with E-state index in [0.717, 1.165) is 5.56 Å². The number of amides is 1. The fourth-order valence-electron chi connectivity index (χ4n) is 2.67. The highest BCUT2D eigenvalue weighted by Gasteiger charge is 2.14. The lowest BCUT2D eigenvalue weighted by atomic mass is 10.1. The van der Waals surface area contributed by atoms with Crippen molar-refractivity contribution < 1.29 is 19.1 Å². The van der Waals surface area contributed by atoms with Crippen LogP contribution >= 0.6 is 11.6 Å². The van der Waals surface area contributed by atoms with Gasteiger partial charge in [-0.05, 0) is 55.0 Å². The molecule has 0 spiro atoms. The number of hydrogen-bond donors (Lipinski definition) is 1. The number of ether oxygens (including phenoxy) is 2. The van der Waals surface area contributed by atoms with E-state index in [1.807, 2.05) is 49.4 Å². The lowest BCUT2D eigenvalue weighted by Gasteiger charge is -2.14. The van der Waals surface area contributed by atoms with Gasteiger partial charge in [0.1, 0.15) is 11.5 Å². The summed E-state index contributed by atoms with van der Waals surface area (Å²) in [7, 11) is 0. The van der Waals surface area contributed by atoms with Gasteiger partial charge in [-0.25, -0.2) is 4.79 Å². The summed E-state index contributed by atoms with van der Waals surface area (Å²) in [5, 5.41) is 3.37. The molecule has 148 valence electrons. The van der Waals surface area contributed by atoms with Gasteiger partial charge in [0.05, 0.1) is 11.6 Å². The van der Waals surface area contributed by atoms with Crippen molar-refractivity contribution in [1.82, 2.24) is 5.32 Å². The zero-order chi connectivity index (χ0) is 20.6. The summed E-state index contributed by atoms with van der Waals surface area (Å²) >= 11 is 5.97. The summed E-state index contributed by atoms with van der Waals surface area (Å²) in [5.41, 5.74) is 1.16. The first-order chi connectivity index (χ1) is 14.0. The predicted molar refractivity (Wildman–Crippen MR) is 111 cm³/mol. The molecule has 0 bridgehead atoms. The van der Waals surface area contributed by atoms with Crippen LogP contribution in [0.1, 0.15) is 28.9 Å². The maximum atomic E-state index is 12.3. The van der Waals surface area contributed by atoms with Crippen molar-refractivity contribution >= 4 is 23.5 Å². The number of halogens is 1. The van der Waals surface area contributed by atoms with Crippen molar-refractivity contribution in [1.29, 1.82) is 0 Å². The molecule has 0 radical (unpaired) electrons. The minimum absolute atomic E-state index is 0.262. The van der Waals surface area contributed by atoms with E-state index < -0.39 is 11.9 Å². The van der Waals surface area contributed by atoms with Gasteiger partial charge in [0.25, 0.3) is 5.91 Å². The molecule has 5 nitrogen and oxygen atoms in total. The molecule has 0 aliphatic rings. The van der Waals surface area contributed by atoms with E-state index in [-0.39, 0.29) is 12.6 Å². The average molecular weight is 410 g/mol. The van der Waals surface area contributed by atoms with Gasteiger partial charge in [0.15, 0.2) is 6.61 Å².